The fourth-order valence-corrected chi connectivity index (χ4v) is 2.55. The second-order valence-electron chi connectivity index (χ2n) is 4.99. The molecule has 0 aliphatic heterocycles. The number of nitrogens with zero attached hydrogens (tertiary/aromatic N) is 4. The Hall–Kier alpha value is -1.62. The van der Waals surface area contributed by atoms with Crippen LogP contribution in [0.2, 0.25) is 0 Å². The van der Waals surface area contributed by atoms with Crippen molar-refractivity contribution in [2.24, 2.45) is 12.8 Å². The minimum absolute atomic E-state index is 0.0291. The molecule has 0 saturated carbocycles. The number of aryl methyl sites for hydroxylation is 3. The molecule has 19 heavy (non-hydrogen) atoms. The first-order valence-electron chi connectivity index (χ1n) is 6.81. The molecule has 0 spiro atoms. The molecule has 2 N–H and O–H groups in total. The van der Waals surface area contributed by atoms with Gasteiger partial charge < -0.3 is 5.73 Å². The standard InChI is InChI=1S/C14H23N5/c1-5-19-14(8-9-16-19)13(15)7-6-12-10(2)17-18(4)11(12)3/h8-9,13H,5-7,15H2,1-4H3. The molecule has 1 unspecified atom stereocenters. The molecule has 0 radical (unpaired) electrons. The smallest absolute Gasteiger partial charge is 0.0628 e. The van der Waals surface area contributed by atoms with Gasteiger partial charge in [-0.2, -0.15) is 10.2 Å². The van der Waals surface area contributed by atoms with Crippen LogP contribution in [-0.4, -0.2) is 19.6 Å². The Morgan fingerprint density at radius 3 is 2.68 bits per heavy atom. The molecule has 0 fully saturated rings. The van der Waals surface area contributed by atoms with Gasteiger partial charge in [0.1, 0.15) is 0 Å². The molecular weight excluding hydrogens is 238 g/mol. The molecule has 0 saturated heterocycles. The fraction of sp³-hybridized carbons (Fsp3) is 0.571. The maximum Gasteiger partial charge on any atom is 0.0628 e. The highest BCUT2D eigenvalue weighted by atomic mass is 15.3. The molecule has 5 heteroatoms. The summed E-state index contributed by atoms with van der Waals surface area (Å²) in [5.41, 5.74) is 11.1. The Kier molecular flexibility index (Phi) is 4.04. The normalized spacial score (nSPS) is 12.9. The molecular formula is C14H23N5. The van der Waals surface area contributed by atoms with E-state index in [9.17, 15) is 0 Å². The van der Waals surface area contributed by atoms with E-state index in [1.54, 1.807) is 0 Å². The molecule has 2 rings (SSSR count). The lowest BCUT2D eigenvalue weighted by atomic mass is 10.0. The van der Waals surface area contributed by atoms with E-state index >= 15 is 0 Å². The Balaban J connectivity index is 2.06. The fourth-order valence-electron chi connectivity index (χ4n) is 2.55. The molecule has 0 aliphatic rings. The third kappa shape index (κ3) is 2.71. The van der Waals surface area contributed by atoms with Gasteiger partial charge in [0.2, 0.25) is 0 Å². The van der Waals surface area contributed by atoms with Gasteiger partial charge >= 0.3 is 0 Å². The van der Waals surface area contributed by atoms with Gasteiger partial charge in [0.05, 0.1) is 11.4 Å². The molecule has 2 aromatic heterocycles. The van der Waals surface area contributed by atoms with Gasteiger partial charge in [0.25, 0.3) is 0 Å². The average Bonchev–Trinajstić information content (AvgIpc) is 2.94. The van der Waals surface area contributed by atoms with Crippen molar-refractivity contribution < 1.29 is 0 Å². The third-order valence-electron chi connectivity index (χ3n) is 3.79. The molecule has 0 aromatic carbocycles. The molecule has 0 amide bonds. The summed E-state index contributed by atoms with van der Waals surface area (Å²) in [6, 6.07) is 2.04. The van der Waals surface area contributed by atoms with Crippen molar-refractivity contribution in [3.05, 3.63) is 34.9 Å². The highest BCUT2D eigenvalue weighted by Crippen LogP contribution is 2.20. The monoisotopic (exact) mass is 261 g/mol. The van der Waals surface area contributed by atoms with Crippen LogP contribution in [0.1, 0.15) is 42.0 Å². The van der Waals surface area contributed by atoms with Crippen LogP contribution in [0.4, 0.5) is 0 Å². The summed E-state index contributed by atoms with van der Waals surface area (Å²) in [6.07, 6.45) is 3.69. The Morgan fingerprint density at radius 2 is 2.11 bits per heavy atom. The molecule has 2 aromatic rings. The zero-order valence-corrected chi connectivity index (χ0v) is 12.2. The van der Waals surface area contributed by atoms with Crippen molar-refractivity contribution in [1.29, 1.82) is 0 Å². The Labute approximate surface area is 114 Å². The topological polar surface area (TPSA) is 61.7 Å². The van der Waals surface area contributed by atoms with Crippen LogP contribution < -0.4 is 5.73 Å². The summed E-state index contributed by atoms with van der Waals surface area (Å²) < 4.78 is 3.90. The largest absolute Gasteiger partial charge is 0.323 e. The predicted octanol–water partition coefficient (Wildman–Crippen LogP) is 1.89. The number of aromatic nitrogens is 4. The molecule has 5 nitrogen and oxygen atoms in total. The zero-order valence-electron chi connectivity index (χ0n) is 12.2. The summed E-state index contributed by atoms with van der Waals surface area (Å²) in [6.45, 7) is 7.11. The molecule has 1 atom stereocenters. The number of rotatable bonds is 5. The van der Waals surface area contributed by atoms with E-state index in [0.29, 0.717) is 0 Å². The van der Waals surface area contributed by atoms with Gasteiger partial charge in [-0.15, -0.1) is 0 Å². The van der Waals surface area contributed by atoms with Crippen LogP contribution in [-0.2, 0) is 20.0 Å². The quantitative estimate of drug-likeness (QED) is 0.894. The number of nitrogens with two attached hydrogens (primary N) is 1. The molecule has 104 valence electrons. The van der Waals surface area contributed by atoms with Crippen molar-refractivity contribution >= 4 is 0 Å². The zero-order chi connectivity index (χ0) is 14.0. The van der Waals surface area contributed by atoms with Gasteiger partial charge in [-0.1, -0.05) is 0 Å². The summed E-state index contributed by atoms with van der Waals surface area (Å²) in [5.74, 6) is 0. The van der Waals surface area contributed by atoms with Gasteiger partial charge in [-0.3, -0.25) is 9.36 Å². The highest BCUT2D eigenvalue weighted by molar-refractivity contribution is 5.24. The number of hydrogen-bond donors (Lipinski definition) is 1. The van der Waals surface area contributed by atoms with Crippen LogP contribution in [0, 0.1) is 13.8 Å². The van der Waals surface area contributed by atoms with Crippen molar-refractivity contribution in [3.63, 3.8) is 0 Å². The van der Waals surface area contributed by atoms with Crippen LogP contribution in [0.15, 0.2) is 12.3 Å². The third-order valence-corrected chi connectivity index (χ3v) is 3.79. The number of hydrogen-bond acceptors (Lipinski definition) is 3. The average molecular weight is 261 g/mol. The Bertz CT molecular complexity index is 552. The molecule has 0 aliphatic carbocycles. The molecule has 2 heterocycles. The molecule has 0 bridgehead atoms. The van der Waals surface area contributed by atoms with E-state index in [1.807, 2.05) is 28.7 Å². The first-order chi connectivity index (χ1) is 9.04. The van der Waals surface area contributed by atoms with Crippen LogP contribution in [0.25, 0.3) is 0 Å². The maximum absolute atomic E-state index is 6.28. The van der Waals surface area contributed by atoms with E-state index in [2.05, 4.69) is 31.0 Å². The lowest BCUT2D eigenvalue weighted by molar-refractivity contribution is 0.546. The van der Waals surface area contributed by atoms with E-state index in [1.165, 1.54) is 11.3 Å². The van der Waals surface area contributed by atoms with E-state index in [0.717, 1.165) is 30.8 Å². The summed E-state index contributed by atoms with van der Waals surface area (Å²) in [7, 11) is 1.98. The lowest BCUT2D eigenvalue weighted by Crippen LogP contribution is -2.17. The Morgan fingerprint density at radius 1 is 1.37 bits per heavy atom. The first kappa shape index (κ1) is 13.8. The van der Waals surface area contributed by atoms with Crippen molar-refractivity contribution in [3.8, 4) is 0 Å². The van der Waals surface area contributed by atoms with Crippen molar-refractivity contribution in [2.75, 3.05) is 0 Å². The summed E-state index contributed by atoms with van der Waals surface area (Å²) in [4.78, 5) is 0. The lowest BCUT2D eigenvalue weighted by Gasteiger charge is -2.13. The van der Waals surface area contributed by atoms with Crippen LogP contribution in [0.3, 0.4) is 0 Å². The van der Waals surface area contributed by atoms with Gasteiger partial charge in [0, 0.05) is 31.5 Å². The minimum Gasteiger partial charge on any atom is -0.323 e. The first-order valence-corrected chi connectivity index (χ1v) is 6.81. The summed E-state index contributed by atoms with van der Waals surface area (Å²) >= 11 is 0. The van der Waals surface area contributed by atoms with E-state index in [-0.39, 0.29) is 6.04 Å². The predicted molar refractivity (Wildman–Crippen MR) is 75.8 cm³/mol. The van der Waals surface area contributed by atoms with Crippen molar-refractivity contribution in [1.82, 2.24) is 19.6 Å². The van der Waals surface area contributed by atoms with E-state index in [4.69, 9.17) is 5.73 Å². The summed E-state index contributed by atoms with van der Waals surface area (Å²) in [5, 5.41) is 8.71. The van der Waals surface area contributed by atoms with Gasteiger partial charge in [-0.25, -0.2) is 0 Å². The van der Waals surface area contributed by atoms with E-state index < -0.39 is 0 Å². The second kappa shape index (κ2) is 5.57. The van der Waals surface area contributed by atoms with Gasteiger partial charge in [-0.05, 0) is 45.2 Å². The van der Waals surface area contributed by atoms with Gasteiger partial charge in [0.15, 0.2) is 0 Å². The van der Waals surface area contributed by atoms with Crippen molar-refractivity contribution in [2.45, 2.75) is 46.2 Å². The second-order valence-corrected chi connectivity index (χ2v) is 4.99. The van der Waals surface area contributed by atoms with Crippen LogP contribution >= 0.6 is 0 Å². The highest BCUT2D eigenvalue weighted by Gasteiger charge is 2.14. The maximum atomic E-state index is 6.28. The SMILES string of the molecule is CCn1nccc1C(N)CCc1c(C)nn(C)c1C. The van der Waals surface area contributed by atoms with Crippen LogP contribution in [0.5, 0.6) is 0 Å². The minimum atomic E-state index is 0.0291.